The van der Waals surface area contributed by atoms with Crippen LogP contribution >= 0.6 is 0 Å². The van der Waals surface area contributed by atoms with Crippen molar-refractivity contribution in [1.82, 2.24) is 35.1 Å². The van der Waals surface area contributed by atoms with Crippen LogP contribution in [0.25, 0.3) is 44.7 Å². The van der Waals surface area contributed by atoms with Gasteiger partial charge in [0.05, 0.1) is 34.5 Å². The van der Waals surface area contributed by atoms with Crippen molar-refractivity contribution in [2.24, 2.45) is 0 Å². The second kappa shape index (κ2) is 7.31. The number of nitriles is 1. The van der Waals surface area contributed by atoms with Crippen molar-refractivity contribution in [2.75, 3.05) is 5.32 Å². The summed E-state index contributed by atoms with van der Waals surface area (Å²) >= 11 is 0. The molecule has 0 aliphatic heterocycles. The third-order valence-corrected chi connectivity index (χ3v) is 4.83. The number of hydrogen-bond acceptors (Lipinski definition) is 7. The molecule has 0 radical (unpaired) electrons. The Hall–Kier alpha value is -4.65. The Kier molecular flexibility index (Phi) is 4.33. The van der Waals surface area contributed by atoms with E-state index in [9.17, 15) is 10.1 Å². The first-order valence-corrected chi connectivity index (χ1v) is 9.50. The first-order chi connectivity index (χ1) is 15.2. The van der Waals surface area contributed by atoms with Gasteiger partial charge in [-0.05, 0) is 12.1 Å². The number of pyridine rings is 3. The number of hydrogen-bond donors (Lipinski definition) is 3. The molecule has 0 unspecified atom stereocenters. The SMILES string of the molecule is CCC(=O)Nc1cncc(-c2cnc3[nH]nc(-c4nc5c(C#N)cncc5[nH]4)c3c2)c1. The van der Waals surface area contributed by atoms with E-state index in [0.717, 1.165) is 16.5 Å². The van der Waals surface area contributed by atoms with Crippen molar-refractivity contribution < 1.29 is 4.79 Å². The largest absolute Gasteiger partial charge is 0.335 e. The van der Waals surface area contributed by atoms with Gasteiger partial charge in [0.2, 0.25) is 5.91 Å². The second-order valence-electron chi connectivity index (χ2n) is 6.84. The third kappa shape index (κ3) is 3.24. The first-order valence-electron chi connectivity index (χ1n) is 9.50. The van der Waals surface area contributed by atoms with Gasteiger partial charge in [-0.25, -0.2) is 9.97 Å². The average molecular weight is 409 g/mol. The minimum absolute atomic E-state index is 0.0826. The highest BCUT2D eigenvalue weighted by molar-refractivity contribution is 5.95. The van der Waals surface area contributed by atoms with Crippen LogP contribution in [-0.4, -0.2) is 41.0 Å². The summed E-state index contributed by atoms with van der Waals surface area (Å²) in [6.07, 6.45) is 8.50. The fourth-order valence-corrected chi connectivity index (χ4v) is 3.28. The molecule has 5 rings (SSSR count). The zero-order valence-electron chi connectivity index (χ0n) is 16.3. The summed E-state index contributed by atoms with van der Waals surface area (Å²) in [5, 5.41) is 20.1. The van der Waals surface area contributed by atoms with Crippen molar-refractivity contribution in [3.8, 4) is 28.7 Å². The summed E-state index contributed by atoms with van der Waals surface area (Å²) in [5.41, 5.74) is 4.98. The summed E-state index contributed by atoms with van der Waals surface area (Å²) in [5.74, 6) is 0.424. The molecule has 0 atom stereocenters. The molecule has 10 nitrogen and oxygen atoms in total. The standard InChI is InChI=1S/C21H15N9O/c1-2-17(31)26-14-3-11(6-23-9-14)12-4-15-19(29-30-20(15)25-8-12)21-27-16-10-24-7-13(5-22)18(16)28-21/h3-4,6-10H,2H2,1H3,(H,26,31)(H,27,28)(H,25,29,30). The van der Waals surface area contributed by atoms with Crippen molar-refractivity contribution in [1.29, 1.82) is 5.26 Å². The maximum atomic E-state index is 11.7. The van der Waals surface area contributed by atoms with Gasteiger partial charge in [-0.15, -0.1) is 0 Å². The predicted octanol–water partition coefficient (Wildman–Crippen LogP) is 3.18. The normalized spacial score (nSPS) is 11.0. The molecule has 0 aliphatic rings. The van der Waals surface area contributed by atoms with Crippen LogP contribution in [0, 0.1) is 11.3 Å². The molecule has 0 saturated heterocycles. The van der Waals surface area contributed by atoms with Gasteiger partial charge in [0, 0.05) is 36.1 Å². The molecule has 0 fully saturated rings. The van der Waals surface area contributed by atoms with Gasteiger partial charge in [0.15, 0.2) is 11.5 Å². The maximum absolute atomic E-state index is 11.7. The van der Waals surface area contributed by atoms with E-state index < -0.39 is 0 Å². The number of fused-ring (bicyclic) bond motifs is 2. The first kappa shape index (κ1) is 18.4. The highest BCUT2D eigenvalue weighted by Gasteiger charge is 2.16. The number of amides is 1. The summed E-state index contributed by atoms with van der Waals surface area (Å²) < 4.78 is 0. The average Bonchev–Trinajstić information content (AvgIpc) is 3.42. The highest BCUT2D eigenvalue weighted by atomic mass is 16.1. The fourth-order valence-electron chi connectivity index (χ4n) is 3.28. The Balaban J connectivity index is 1.59. The third-order valence-electron chi connectivity index (χ3n) is 4.83. The Labute approximate surface area is 175 Å². The van der Waals surface area contributed by atoms with Crippen molar-refractivity contribution >= 4 is 33.7 Å². The topological polar surface area (TPSA) is 149 Å². The van der Waals surface area contributed by atoms with Crippen LogP contribution in [0.15, 0.2) is 43.1 Å². The molecule has 0 bridgehead atoms. The zero-order valence-corrected chi connectivity index (χ0v) is 16.3. The van der Waals surface area contributed by atoms with E-state index >= 15 is 0 Å². The molecule has 10 heteroatoms. The molecule has 150 valence electrons. The monoisotopic (exact) mass is 409 g/mol. The van der Waals surface area contributed by atoms with Crippen LogP contribution in [0.5, 0.6) is 0 Å². The minimum atomic E-state index is -0.0826. The number of aromatic nitrogens is 7. The van der Waals surface area contributed by atoms with Gasteiger partial charge in [0.1, 0.15) is 17.3 Å². The molecule has 31 heavy (non-hydrogen) atoms. The van der Waals surface area contributed by atoms with Gasteiger partial charge >= 0.3 is 0 Å². The molecule has 0 saturated carbocycles. The lowest BCUT2D eigenvalue weighted by molar-refractivity contribution is -0.115. The quantitative estimate of drug-likeness (QED) is 0.413. The number of carbonyl (C=O) groups excluding carboxylic acids is 1. The fraction of sp³-hybridized carbons (Fsp3) is 0.0952. The van der Waals surface area contributed by atoms with E-state index in [4.69, 9.17) is 0 Å². The maximum Gasteiger partial charge on any atom is 0.224 e. The van der Waals surface area contributed by atoms with E-state index in [-0.39, 0.29) is 5.91 Å². The minimum Gasteiger partial charge on any atom is -0.335 e. The van der Waals surface area contributed by atoms with Crippen LogP contribution in [0.1, 0.15) is 18.9 Å². The van der Waals surface area contributed by atoms with Crippen LogP contribution in [0.3, 0.4) is 0 Å². The second-order valence-corrected chi connectivity index (χ2v) is 6.84. The van der Waals surface area contributed by atoms with Crippen molar-refractivity contribution in [2.45, 2.75) is 13.3 Å². The van der Waals surface area contributed by atoms with Crippen LogP contribution < -0.4 is 5.32 Å². The van der Waals surface area contributed by atoms with E-state index in [1.807, 2.05) is 12.1 Å². The number of H-pyrrole nitrogens is 2. The lowest BCUT2D eigenvalue weighted by Crippen LogP contribution is -2.09. The van der Waals surface area contributed by atoms with Gasteiger partial charge in [-0.1, -0.05) is 6.92 Å². The van der Waals surface area contributed by atoms with E-state index in [2.05, 4.69) is 46.5 Å². The Morgan fingerprint density at radius 2 is 1.97 bits per heavy atom. The molecule has 3 N–H and O–H groups in total. The van der Waals surface area contributed by atoms with E-state index in [0.29, 0.717) is 45.9 Å². The molecule has 0 aromatic carbocycles. The van der Waals surface area contributed by atoms with Crippen molar-refractivity contribution in [3.05, 3.63) is 48.7 Å². The van der Waals surface area contributed by atoms with Crippen LogP contribution in [0.2, 0.25) is 0 Å². The number of nitrogens with one attached hydrogen (secondary N) is 3. The smallest absolute Gasteiger partial charge is 0.224 e. The van der Waals surface area contributed by atoms with Crippen LogP contribution in [0.4, 0.5) is 5.69 Å². The zero-order chi connectivity index (χ0) is 21.4. The summed E-state index contributed by atoms with van der Waals surface area (Å²) in [4.78, 5) is 32.1. The Morgan fingerprint density at radius 3 is 2.81 bits per heavy atom. The predicted molar refractivity (Wildman–Crippen MR) is 114 cm³/mol. The van der Waals surface area contributed by atoms with Gasteiger partial charge in [-0.3, -0.25) is 19.9 Å². The van der Waals surface area contributed by atoms with Crippen molar-refractivity contribution in [3.63, 3.8) is 0 Å². The lowest BCUT2D eigenvalue weighted by Gasteiger charge is -2.06. The molecule has 0 spiro atoms. The number of nitrogens with zero attached hydrogens (tertiary/aromatic N) is 6. The van der Waals surface area contributed by atoms with Gasteiger partial charge < -0.3 is 10.3 Å². The summed E-state index contributed by atoms with van der Waals surface area (Å²) in [7, 11) is 0. The van der Waals surface area contributed by atoms with Crippen LogP contribution in [-0.2, 0) is 4.79 Å². The summed E-state index contributed by atoms with van der Waals surface area (Å²) in [6, 6.07) is 5.87. The molecule has 1 amide bonds. The highest BCUT2D eigenvalue weighted by Crippen LogP contribution is 2.30. The molecular weight excluding hydrogens is 394 g/mol. The van der Waals surface area contributed by atoms with Gasteiger partial charge in [-0.2, -0.15) is 10.4 Å². The molecule has 5 aromatic rings. The number of imidazole rings is 1. The van der Waals surface area contributed by atoms with E-state index in [1.165, 1.54) is 6.20 Å². The van der Waals surface area contributed by atoms with E-state index in [1.54, 1.807) is 31.7 Å². The Bertz CT molecular complexity index is 1490. The van der Waals surface area contributed by atoms with Gasteiger partial charge in [0.25, 0.3) is 0 Å². The molecule has 5 aromatic heterocycles. The number of aromatic amines is 2. The number of rotatable bonds is 4. The Morgan fingerprint density at radius 1 is 1.13 bits per heavy atom. The summed E-state index contributed by atoms with van der Waals surface area (Å²) in [6.45, 7) is 1.79. The number of carbonyl (C=O) groups is 1. The lowest BCUT2D eigenvalue weighted by atomic mass is 10.1. The molecule has 5 heterocycles. The molecular formula is C21H15N9O. The number of anilines is 1. The molecule has 0 aliphatic carbocycles.